The molecule has 0 heterocycles. The number of ether oxygens (including phenoxy) is 1. The van der Waals surface area contributed by atoms with Crippen LogP contribution in [0.15, 0.2) is 0 Å². The summed E-state index contributed by atoms with van der Waals surface area (Å²) in [6.07, 6.45) is 2.58. The van der Waals surface area contributed by atoms with Crippen molar-refractivity contribution in [3.8, 4) is 0 Å². The number of methoxy groups -OCH3 is 1. The highest BCUT2D eigenvalue weighted by Crippen LogP contribution is 2.44. The fourth-order valence-electron chi connectivity index (χ4n) is 3.64. The quantitative estimate of drug-likeness (QED) is 0.762. The van der Waals surface area contributed by atoms with Crippen LogP contribution in [-0.4, -0.2) is 29.9 Å². The van der Waals surface area contributed by atoms with E-state index in [-0.39, 0.29) is 29.5 Å². The van der Waals surface area contributed by atoms with Crippen molar-refractivity contribution in [3.63, 3.8) is 0 Å². The van der Waals surface area contributed by atoms with Crippen LogP contribution in [0.5, 0.6) is 0 Å². The van der Waals surface area contributed by atoms with Crippen molar-refractivity contribution in [1.29, 1.82) is 0 Å². The van der Waals surface area contributed by atoms with Crippen molar-refractivity contribution in [2.24, 2.45) is 29.6 Å². The second kappa shape index (κ2) is 7.57. The third kappa shape index (κ3) is 4.29. The first-order valence-electron chi connectivity index (χ1n) is 7.59. The zero-order valence-electron chi connectivity index (χ0n) is 13.3. The molecule has 5 atom stereocenters. The maximum atomic E-state index is 11.8. The molecule has 1 aliphatic rings. The average Bonchev–Trinajstić information content (AvgIpc) is 2.43. The Morgan fingerprint density at radius 3 is 2.38 bits per heavy atom. The number of carboxylic acid groups (broad SMARTS) is 1. The zero-order chi connectivity index (χ0) is 16.2. The van der Waals surface area contributed by atoms with Gasteiger partial charge in [-0.3, -0.25) is 9.59 Å². The van der Waals surface area contributed by atoms with Gasteiger partial charge in [-0.25, -0.2) is 0 Å². The Balaban J connectivity index is 2.96. The molecule has 1 aliphatic carbocycles. The minimum atomic E-state index is -0.865. The summed E-state index contributed by atoms with van der Waals surface area (Å²) in [5.41, 5.74) is 0. The molecule has 1 fully saturated rings. The molecule has 0 bridgehead atoms. The summed E-state index contributed by atoms with van der Waals surface area (Å²) in [6, 6.07) is 0. The van der Waals surface area contributed by atoms with E-state index in [1.165, 1.54) is 14.0 Å². The van der Waals surface area contributed by atoms with E-state index < -0.39 is 17.8 Å². The van der Waals surface area contributed by atoms with Gasteiger partial charge in [0.25, 0.3) is 0 Å². The number of carboxylic acids is 1. The Morgan fingerprint density at radius 2 is 1.90 bits per heavy atom. The van der Waals surface area contributed by atoms with E-state index in [0.29, 0.717) is 19.3 Å². The Kier molecular flexibility index (Phi) is 6.37. The number of Topliss-reactive ketones (excluding diaryl/α,β-unsaturated/α-hetero) is 1. The van der Waals surface area contributed by atoms with Crippen LogP contribution in [0, 0.1) is 29.6 Å². The fraction of sp³-hybridized carbons (Fsp3) is 0.812. The van der Waals surface area contributed by atoms with Crippen molar-refractivity contribution >= 4 is 17.7 Å². The van der Waals surface area contributed by atoms with Gasteiger partial charge < -0.3 is 14.6 Å². The van der Waals surface area contributed by atoms with Crippen molar-refractivity contribution < 1.29 is 24.2 Å². The van der Waals surface area contributed by atoms with E-state index in [2.05, 4.69) is 0 Å². The molecular weight excluding hydrogens is 272 g/mol. The lowest BCUT2D eigenvalue weighted by molar-refractivity contribution is -0.156. The van der Waals surface area contributed by atoms with Gasteiger partial charge in [0.1, 0.15) is 5.78 Å². The van der Waals surface area contributed by atoms with Crippen molar-refractivity contribution in [2.75, 3.05) is 7.11 Å². The highest BCUT2D eigenvalue weighted by molar-refractivity contribution is 5.77. The molecule has 0 aliphatic heterocycles. The molecule has 5 nitrogen and oxygen atoms in total. The van der Waals surface area contributed by atoms with Crippen LogP contribution in [0.1, 0.15) is 46.5 Å². The summed E-state index contributed by atoms with van der Waals surface area (Å²) < 4.78 is 4.77. The highest BCUT2D eigenvalue weighted by atomic mass is 16.5. The van der Waals surface area contributed by atoms with Gasteiger partial charge in [-0.05, 0) is 37.5 Å². The molecule has 0 amide bonds. The summed E-state index contributed by atoms with van der Waals surface area (Å²) in [7, 11) is 1.33. The Morgan fingerprint density at radius 1 is 1.29 bits per heavy atom. The van der Waals surface area contributed by atoms with Gasteiger partial charge in [-0.1, -0.05) is 20.3 Å². The topological polar surface area (TPSA) is 80.7 Å². The average molecular weight is 298 g/mol. The van der Waals surface area contributed by atoms with E-state index in [1.807, 2.05) is 6.92 Å². The molecule has 1 N–H and O–H groups in total. The third-order valence-electron chi connectivity index (χ3n) is 4.94. The van der Waals surface area contributed by atoms with E-state index in [9.17, 15) is 19.5 Å². The summed E-state index contributed by atoms with van der Waals surface area (Å²) in [6.45, 7) is 5.31. The van der Waals surface area contributed by atoms with Crippen LogP contribution in [-0.2, 0) is 19.1 Å². The molecule has 0 aromatic heterocycles. The maximum Gasteiger partial charge on any atom is 0.308 e. The summed E-state index contributed by atoms with van der Waals surface area (Å²) in [4.78, 5) is 34.7. The van der Waals surface area contributed by atoms with Gasteiger partial charge in [0, 0.05) is 6.42 Å². The van der Waals surface area contributed by atoms with Gasteiger partial charge in [0.15, 0.2) is 0 Å². The molecule has 0 spiro atoms. The monoisotopic (exact) mass is 298 g/mol. The number of esters is 1. The lowest BCUT2D eigenvalue weighted by Crippen LogP contribution is -2.43. The van der Waals surface area contributed by atoms with Gasteiger partial charge in [0.2, 0.25) is 0 Å². The number of aliphatic carboxylic acids is 1. The minimum absolute atomic E-state index is 0.0581. The molecule has 0 aromatic rings. The van der Waals surface area contributed by atoms with Crippen molar-refractivity contribution in [1.82, 2.24) is 0 Å². The Bertz CT molecular complexity index is 403. The zero-order valence-corrected chi connectivity index (χ0v) is 13.3. The van der Waals surface area contributed by atoms with Gasteiger partial charge in [-0.2, -0.15) is 0 Å². The molecule has 0 saturated heterocycles. The molecule has 5 heteroatoms. The van der Waals surface area contributed by atoms with Crippen molar-refractivity contribution in [3.05, 3.63) is 0 Å². The summed E-state index contributed by atoms with van der Waals surface area (Å²) in [5.74, 6) is -2.17. The van der Waals surface area contributed by atoms with Crippen LogP contribution in [0.2, 0.25) is 0 Å². The third-order valence-corrected chi connectivity index (χ3v) is 4.94. The molecular formula is C16H26O5. The largest absolute Gasteiger partial charge is 0.481 e. The number of carbonyl (C=O) groups is 3. The normalized spacial score (nSPS) is 30.5. The summed E-state index contributed by atoms with van der Waals surface area (Å²) >= 11 is 0. The van der Waals surface area contributed by atoms with Crippen LogP contribution >= 0.6 is 0 Å². The predicted molar refractivity (Wildman–Crippen MR) is 77.6 cm³/mol. The van der Waals surface area contributed by atoms with Crippen LogP contribution in [0.3, 0.4) is 0 Å². The molecule has 120 valence electrons. The Hall–Kier alpha value is -1.39. The first-order valence-corrected chi connectivity index (χ1v) is 7.59. The SMILES string of the molecule is COC(=O)[C@H](C)[C@@H]1CC[C@@H](C)[C@H](CCC(C)=O)[C@H]1C(=O)O. The van der Waals surface area contributed by atoms with Crippen molar-refractivity contribution in [2.45, 2.75) is 46.5 Å². The molecule has 1 rings (SSSR count). The van der Waals surface area contributed by atoms with Gasteiger partial charge in [-0.15, -0.1) is 0 Å². The van der Waals surface area contributed by atoms with E-state index in [4.69, 9.17) is 4.74 Å². The van der Waals surface area contributed by atoms with E-state index >= 15 is 0 Å². The first-order chi connectivity index (χ1) is 9.79. The van der Waals surface area contributed by atoms with Crippen LogP contribution < -0.4 is 0 Å². The number of rotatable bonds is 6. The molecule has 0 unspecified atom stereocenters. The standard InChI is InChI=1S/C16H26O5/c1-9-5-7-13(11(3)16(20)21-4)14(15(18)19)12(9)8-6-10(2)17/h9,11-14H,5-8H2,1-4H3,(H,18,19)/t9-,11-,12+,13+,14-/m1/s1. The van der Waals surface area contributed by atoms with Crippen LogP contribution in [0.25, 0.3) is 0 Å². The number of hydrogen-bond acceptors (Lipinski definition) is 4. The second-order valence-corrected chi connectivity index (χ2v) is 6.30. The minimum Gasteiger partial charge on any atom is -0.481 e. The Labute approximate surface area is 126 Å². The van der Waals surface area contributed by atoms with E-state index in [1.54, 1.807) is 6.92 Å². The maximum absolute atomic E-state index is 11.8. The number of hydrogen-bond donors (Lipinski definition) is 1. The van der Waals surface area contributed by atoms with Gasteiger partial charge >= 0.3 is 11.9 Å². The predicted octanol–water partition coefficient (Wildman–Crippen LogP) is 2.53. The highest BCUT2D eigenvalue weighted by Gasteiger charge is 2.45. The summed E-state index contributed by atoms with van der Waals surface area (Å²) in [5, 5.41) is 9.63. The smallest absolute Gasteiger partial charge is 0.308 e. The molecule has 1 saturated carbocycles. The first kappa shape index (κ1) is 17.7. The second-order valence-electron chi connectivity index (χ2n) is 6.30. The lowest BCUT2D eigenvalue weighted by atomic mass is 9.62. The van der Waals surface area contributed by atoms with Crippen LogP contribution in [0.4, 0.5) is 0 Å². The molecule has 21 heavy (non-hydrogen) atoms. The lowest BCUT2D eigenvalue weighted by Gasteiger charge is -2.41. The fourth-order valence-corrected chi connectivity index (χ4v) is 3.64. The van der Waals surface area contributed by atoms with E-state index in [0.717, 1.165) is 6.42 Å². The number of ketones is 1. The molecule has 0 radical (unpaired) electrons. The molecule has 0 aromatic carbocycles. The van der Waals surface area contributed by atoms with Gasteiger partial charge in [0.05, 0.1) is 18.9 Å². The number of carbonyl (C=O) groups excluding carboxylic acids is 2.